The molecule has 0 aliphatic carbocycles. The van der Waals surface area contributed by atoms with Gasteiger partial charge < -0.3 is 15.8 Å². The maximum atomic E-state index is 11.7. The molecular weight excluding hydrogens is 256 g/mol. The number of ether oxygens (including phenoxy) is 1. The quantitative estimate of drug-likeness (QED) is 0.680. The number of carbonyl (C=O) groups is 1. The first-order valence-corrected chi connectivity index (χ1v) is 6.00. The second kappa shape index (κ2) is 5.45. The topological polar surface area (TPSA) is 119 Å². The fraction of sp³-hybridized carbons (Fsp3) is 0.333. The van der Waals surface area contributed by atoms with Gasteiger partial charge in [0.05, 0.1) is 13.2 Å². The zero-order valence-corrected chi connectivity index (χ0v) is 10.5. The molecule has 0 aromatic carbocycles. The summed E-state index contributed by atoms with van der Waals surface area (Å²) in [5, 5.41) is 10.00. The first-order valence-electron chi connectivity index (χ1n) is 5.22. The molecule has 0 aliphatic rings. The molecule has 2 aromatic heterocycles. The van der Waals surface area contributed by atoms with Crippen LogP contribution in [0.15, 0.2) is 6.33 Å². The number of esters is 1. The van der Waals surface area contributed by atoms with E-state index in [-0.39, 0.29) is 18.0 Å². The van der Waals surface area contributed by atoms with Gasteiger partial charge in [-0.15, -0.1) is 0 Å². The summed E-state index contributed by atoms with van der Waals surface area (Å²) in [7, 11) is 0. The van der Waals surface area contributed by atoms with Crippen molar-refractivity contribution in [2.75, 3.05) is 17.7 Å². The molecule has 0 amide bonds. The number of nitrogen functional groups attached to an aromatic ring is 1. The van der Waals surface area contributed by atoms with E-state index in [1.807, 2.05) is 0 Å². The van der Waals surface area contributed by atoms with Gasteiger partial charge in [0.1, 0.15) is 22.7 Å². The van der Waals surface area contributed by atoms with Gasteiger partial charge in [-0.1, -0.05) is 0 Å². The van der Waals surface area contributed by atoms with Crippen molar-refractivity contribution in [2.24, 2.45) is 0 Å². The van der Waals surface area contributed by atoms with Crippen LogP contribution in [0.25, 0.3) is 0 Å². The minimum absolute atomic E-state index is 0.165. The fourth-order valence-corrected chi connectivity index (χ4v) is 2.00. The summed E-state index contributed by atoms with van der Waals surface area (Å²) in [6.07, 6.45) is 1.41. The molecule has 96 valence electrons. The molecule has 0 fully saturated rings. The molecule has 0 aliphatic heterocycles. The van der Waals surface area contributed by atoms with Gasteiger partial charge in [-0.05, 0) is 18.5 Å². The third-order valence-corrected chi connectivity index (χ3v) is 2.90. The number of hydrogen-bond donors (Lipinski definition) is 3. The summed E-state index contributed by atoms with van der Waals surface area (Å²) in [4.78, 5) is 15.7. The third kappa shape index (κ3) is 2.56. The SMILES string of the molecule is CCOC(=O)c1c(N)nsc1NCc1ncn[nH]1. The number of aromatic amines is 1. The lowest BCUT2D eigenvalue weighted by molar-refractivity contribution is 0.0529. The molecule has 8 nitrogen and oxygen atoms in total. The van der Waals surface area contributed by atoms with Crippen LogP contribution in [-0.2, 0) is 11.3 Å². The monoisotopic (exact) mass is 268 g/mol. The van der Waals surface area contributed by atoms with E-state index in [9.17, 15) is 4.79 Å². The number of carbonyl (C=O) groups excluding carboxylic acids is 1. The summed E-state index contributed by atoms with van der Waals surface area (Å²) in [6, 6.07) is 0. The molecule has 4 N–H and O–H groups in total. The molecule has 0 bridgehead atoms. The van der Waals surface area contributed by atoms with Gasteiger partial charge in [0.2, 0.25) is 0 Å². The van der Waals surface area contributed by atoms with Crippen LogP contribution in [0.3, 0.4) is 0 Å². The summed E-state index contributed by atoms with van der Waals surface area (Å²) in [5.41, 5.74) is 5.91. The van der Waals surface area contributed by atoms with Crippen LogP contribution in [0.2, 0.25) is 0 Å². The Morgan fingerprint density at radius 2 is 2.50 bits per heavy atom. The number of nitrogens with one attached hydrogen (secondary N) is 2. The molecule has 0 atom stereocenters. The average Bonchev–Trinajstić information content (AvgIpc) is 2.96. The van der Waals surface area contributed by atoms with Gasteiger partial charge in [0, 0.05) is 0 Å². The molecule has 0 unspecified atom stereocenters. The Hall–Kier alpha value is -2.16. The minimum Gasteiger partial charge on any atom is -0.462 e. The molecule has 2 heterocycles. The first-order chi connectivity index (χ1) is 8.72. The van der Waals surface area contributed by atoms with Crippen LogP contribution in [0.4, 0.5) is 10.8 Å². The van der Waals surface area contributed by atoms with Crippen molar-refractivity contribution in [2.45, 2.75) is 13.5 Å². The predicted molar refractivity (Wildman–Crippen MR) is 66.2 cm³/mol. The highest BCUT2D eigenvalue weighted by molar-refractivity contribution is 7.11. The number of anilines is 2. The minimum atomic E-state index is -0.483. The van der Waals surface area contributed by atoms with Crippen molar-refractivity contribution < 1.29 is 9.53 Å². The van der Waals surface area contributed by atoms with Crippen molar-refractivity contribution in [3.63, 3.8) is 0 Å². The molecule has 0 saturated heterocycles. The zero-order chi connectivity index (χ0) is 13.0. The lowest BCUT2D eigenvalue weighted by Crippen LogP contribution is -2.10. The lowest BCUT2D eigenvalue weighted by Gasteiger charge is -2.05. The van der Waals surface area contributed by atoms with E-state index in [2.05, 4.69) is 24.9 Å². The number of rotatable bonds is 5. The molecular formula is C9H12N6O2S. The lowest BCUT2D eigenvalue weighted by atomic mass is 10.3. The van der Waals surface area contributed by atoms with Crippen molar-refractivity contribution in [1.82, 2.24) is 19.6 Å². The number of nitrogens with zero attached hydrogens (tertiary/aromatic N) is 3. The Morgan fingerprint density at radius 1 is 1.67 bits per heavy atom. The predicted octanol–water partition coefficient (Wildman–Crippen LogP) is 0.632. The standard InChI is InChI=1S/C9H12N6O2S/c1-2-17-9(16)6-7(10)15-18-8(6)11-3-5-12-4-13-14-5/h4,11H,2-3H2,1H3,(H2,10,15)(H,12,13,14). The van der Waals surface area contributed by atoms with Crippen molar-refractivity contribution >= 4 is 28.3 Å². The van der Waals surface area contributed by atoms with E-state index < -0.39 is 5.97 Å². The summed E-state index contributed by atoms with van der Waals surface area (Å²) < 4.78 is 8.85. The van der Waals surface area contributed by atoms with E-state index in [0.717, 1.165) is 11.5 Å². The largest absolute Gasteiger partial charge is 0.462 e. The number of nitrogens with two attached hydrogens (primary N) is 1. The highest BCUT2D eigenvalue weighted by Gasteiger charge is 2.20. The molecule has 0 saturated carbocycles. The van der Waals surface area contributed by atoms with Crippen molar-refractivity contribution in [3.05, 3.63) is 17.7 Å². The van der Waals surface area contributed by atoms with E-state index in [0.29, 0.717) is 17.4 Å². The summed E-state index contributed by atoms with van der Waals surface area (Å²) in [5.74, 6) is 0.333. The van der Waals surface area contributed by atoms with E-state index in [4.69, 9.17) is 10.5 Å². The molecule has 2 rings (SSSR count). The van der Waals surface area contributed by atoms with Gasteiger partial charge in [0.25, 0.3) is 0 Å². The number of H-pyrrole nitrogens is 1. The van der Waals surface area contributed by atoms with E-state index in [1.54, 1.807) is 6.92 Å². The first kappa shape index (κ1) is 12.3. The van der Waals surface area contributed by atoms with Crippen molar-refractivity contribution in [1.29, 1.82) is 0 Å². The Morgan fingerprint density at radius 3 is 3.17 bits per heavy atom. The van der Waals surface area contributed by atoms with Crippen LogP contribution in [0, 0.1) is 0 Å². The van der Waals surface area contributed by atoms with Gasteiger partial charge in [-0.2, -0.15) is 9.47 Å². The summed E-state index contributed by atoms with van der Waals surface area (Å²) >= 11 is 1.10. The maximum Gasteiger partial charge on any atom is 0.344 e. The third-order valence-electron chi connectivity index (χ3n) is 2.08. The van der Waals surface area contributed by atoms with Crippen LogP contribution in [0.5, 0.6) is 0 Å². The summed E-state index contributed by atoms with van der Waals surface area (Å²) in [6.45, 7) is 2.42. The molecule has 0 spiro atoms. The van der Waals surface area contributed by atoms with Crippen molar-refractivity contribution in [3.8, 4) is 0 Å². The van der Waals surface area contributed by atoms with Crippen LogP contribution < -0.4 is 11.1 Å². The average molecular weight is 268 g/mol. The van der Waals surface area contributed by atoms with Crippen LogP contribution in [-0.4, -0.2) is 32.1 Å². The van der Waals surface area contributed by atoms with Crippen LogP contribution >= 0.6 is 11.5 Å². The zero-order valence-electron chi connectivity index (χ0n) is 9.64. The number of aromatic nitrogens is 4. The molecule has 2 aromatic rings. The smallest absolute Gasteiger partial charge is 0.344 e. The normalized spacial score (nSPS) is 10.3. The molecule has 9 heteroatoms. The highest BCUT2D eigenvalue weighted by atomic mass is 32.1. The Labute approximate surface area is 107 Å². The molecule has 0 radical (unpaired) electrons. The highest BCUT2D eigenvalue weighted by Crippen LogP contribution is 2.27. The second-order valence-corrected chi connectivity index (χ2v) is 4.05. The van der Waals surface area contributed by atoms with E-state index in [1.165, 1.54) is 6.33 Å². The Kier molecular flexibility index (Phi) is 3.72. The fourth-order valence-electron chi connectivity index (χ4n) is 1.30. The number of hydrogen-bond acceptors (Lipinski definition) is 8. The van der Waals surface area contributed by atoms with Gasteiger partial charge in [-0.3, -0.25) is 5.10 Å². The van der Waals surface area contributed by atoms with Gasteiger partial charge in [0.15, 0.2) is 5.82 Å². The van der Waals surface area contributed by atoms with Crippen LogP contribution in [0.1, 0.15) is 23.1 Å². The maximum absolute atomic E-state index is 11.7. The Balaban J connectivity index is 2.10. The molecule has 18 heavy (non-hydrogen) atoms. The second-order valence-electron chi connectivity index (χ2n) is 3.28. The Bertz CT molecular complexity index is 523. The van der Waals surface area contributed by atoms with Gasteiger partial charge >= 0.3 is 5.97 Å². The van der Waals surface area contributed by atoms with Gasteiger partial charge in [-0.25, -0.2) is 9.78 Å². The van der Waals surface area contributed by atoms with E-state index >= 15 is 0 Å².